The van der Waals surface area contributed by atoms with E-state index in [1.54, 1.807) is 14.0 Å². The number of aromatic nitrogens is 2. The lowest BCUT2D eigenvalue weighted by atomic mass is 10.1. The van der Waals surface area contributed by atoms with E-state index in [0.29, 0.717) is 0 Å². The molecule has 110 valence electrons. The Balaban J connectivity index is 3.03. The fourth-order valence-corrected chi connectivity index (χ4v) is 1.67. The third-order valence-electron chi connectivity index (χ3n) is 2.68. The maximum Gasteiger partial charge on any atom is 0.329 e. The highest BCUT2D eigenvalue weighted by molar-refractivity contribution is 5.78. The van der Waals surface area contributed by atoms with Gasteiger partial charge in [-0.3, -0.25) is 20.3 Å². The van der Waals surface area contributed by atoms with Gasteiger partial charge in [0.25, 0.3) is 0 Å². The predicted molar refractivity (Wildman–Crippen MR) is 73.0 cm³/mol. The van der Waals surface area contributed by atoms with Gasteiger partial charge in [-0.2, -0.15) is 4.98 Å². The Morgan fingerprint density at radius 3 is 2.80 bits per heavy atom. The lowest BCUT2D eigenvalue weighted by Gasteiger charge is -2.21. The first-order valence-electron chi connectivity index (χ1n) is 5.81. The normalized spacial score (nSPS) is 11.6. The quantitative estimate of drug-likeness (QED) is 0.360. The van der Waals surface area contributed by atoms with E-state index < -0.39 is 4.92 Å². The molecule has 0 fully saturated rings. The first-order chi connectivity index (χ1) is 9.40. The molecule has 1 atom stereocenters. The van der Waals surface area contributed by atoms with E-state index in [2.05, 4.69) is 20.7 Å². The molecular formula is C10H17N7O3. The summed E-state index contributed by atoms with van der Waals surface area (Å²) in [5, 5.41) is 13.5. The Morgan fingerprint density at radius 1 is 1.65 bits per heavy atom. The molecule has 10 heteroatoms. The molecule has 1 aromatic rings. The van der Waals surface area contributed by atoms with Crippen LogP contribution in [-0.4, -0.2) is 41.4 Å². The number of hydrogen-bond donors (Lipinski definition) is 3. The van der Waals surface area contributed by atoms with Crippen LogP contribution in [0.4, 0.5) is 17.5 Å². The molecule has 0 spiro atoms. The molecular weight excluding hydrogens is 266 g/mol. The largest absolute Gasteiger partial charge is 0.359 e. The number of rotatable bonds is 6. The molecule has 1 rings (SSSR count). The summed E-state index contributed by atoms with van der Waals surface area (Å²) in [6, 6.07) is 0. The Labute approximate surface area is 115 Å². The van der Waals surface area contributed by atoms with Gasteiger partial charge in [-0.05, 0) is 0 Å². The van der Waals surface area contributed by atoms with E-state index in [-0.39, 0.29) is 35.8 Å². The third-order valence-corrected chi connectivity index (χ3v) is 2.68. The Hall–Kier alpha value is -2.49. The summed E-state index contributed by atoms with van der Waals surface area (Å²) in [6.45, 7) is 1.98. The van der Waals surface area contributed by atoms with E-state index in [9.17, 15) is 14.9 Å². The van der Waals surface area contributed by atoms with Crippen molar-refractivity contribution in [2.45, 2.75) is 6.92 Å². The van der Waals surface area contributed by atoms with Crippen molar-refractivity contribution in [3.05, 3.63) is 16.3 Å². The second-order valence-corrected chi connectivity index (χ2v) is 4.20. The summed E-state index contributed by atoms with van der Waals surface area (Å²) in [7, 11) is 3.14. The highest BCUT2D eigenvalue weighted by Crippen LogP contribution is 2.25. The zero-order chi connectivity index (χ0) is 15.3. The van der Waals surface area contributed by atoms with Crippen molar-refractivity contribution in [3.63, 3.8) is 0 Å². The van der Waals surface area contributed by atoms with Crippen LogP contribution in [0.1, 0.15) is 6.92 Å². The van der Waals surface area contributed by atoms with Crippen LogP contribution in [0, 0.1) is 16.0 Å². The summed E-state index contributed by atoms with van der Waals surface area (Å²) in [6.07, 6.45) is 1.07. The van der Waals surface area contributed by atoms with Crippen LogP contribution < -0.4 is 21.5 Å². The van der Waals surface area contributed by atoms with Crippen molar-refractivity contribution in [2.24, 2.45) is 11.8 Å². The molecule has 1 aromatic heterocycles. The molecule has 1 amide bonds. The smallest absolute Gasteiger partial charge is 0.329 e. The monoisotopic (exact) mass is 283 g/mol. The van der Waals surface area contributed by atoms with Gasteiger partial charge in [-0.15, -0.1) is 0 Å². The van der Waals surface area contributed by atoms with Crippen LogP contribution >= 0.6 is 0 Å². The van der Waals surface area contributed by atoms with Crippen LogP contribution in [0.25, 0.3) is 0 Å². The highest BCUT2D eigenvalue weighted by Gasteiger charge is 2.23. The van der Waals surface area contributed by atoms with Crippen LogP contribution in [0.3, 0.4) is 0 Å². The number of nitrogens with one attached hydrogen (secondary N) is 2. The number of amides is 1. The maximum atomic E-state index is 11.5. The summed E-state index contributed by atoms with van der Waals surface area (Å²) < 4.78 is 0. The molecule has 10 nitrogen and oxygen atoms in total. The first-order valence-corrected chi connectivity index (χ1v) is 5.81. The number of nitrogen functional groups attached to an aromatic ring is 1. The van der Waals surface area contributed by atoms with Gasteiger partial charge in [0, 0.05) is 20.6 Å². The molecule has 0 aliphatic carbocycles. The molecule has 0 aliphatic rings. The Kier molecular flexibility index (Phi) is 5.15. The number of nitrogens with two attached hydrogens (primary N) is 1. The molecule has 20 heavy (non-hydrogen) atoms. The van der Waals surface area contributed by atoms with Crippen molar-refractivity contribution in [1.29, 1.82) is 0 Å². The van der Waals surface area contributed by atoms with Crippen LogP contribution in [-0.2, 0) is 4.79 Å². The van der Waals surface area contributed by atoms with Gasteiger partial charge in [0.05, 0.1) is 10.8 Å². The lowest BCUT2D eigenvalue weighted by molar-refractivity contribution is -0.384. The summed E-state index contributed by atoms with van der Waals surface area (Å²) >= 11 is 0. The second kappa shape index (κ2) is 6.61. The van der Waals surface area contributed by atoms with Gasteiger partial charge >= 0.3 is 5.69 Å². The predicted octanol–water partition coefficient (Wildman–Crippen LogP) is -0.511. The van der Waals surface area contributed by atoms with Crippen molar-refractivity contribution < 1.29 is 9.72 Å². The molecule has 1 unspecified atom stereocenters. The average Bonchev–Trinajstić information content (AvgIpc) is 2.45. The first kappa shape index (κ1) is 15.6. The van der Waals surface area contributed by atoms with E-state index in [1.165, 1.54) is 11.9 Å². The van der Waals surface area contributed by atoms with E-state index in [0.717, 1.165) is 6.20 Å². The van der Waals surface area contributed by atoms with Crippen LogP contribution in [0.2, 0.25) is 0 Å². The highest BCUT2D eigenvalue weighted by atomic mass is 16.6. The number of anilines is 2. The van der Waals surface area contributed by atoms with Crippen molar-refractivity contribution in [1.82, 2.24) is 15.3 Å². The second-order valence-electron chi connectivity index (χ2n) is 4.20. The number of nitro groups is 1. The van der Waals surface area contributed by atoms with Crippen molar-refractivity contribution >= 4 is 23.4 Å². The number of hydrogen-bond acceptors (Lipinski definition) is 8. The topological polar surface area (TPSA) is 139 Å². The van der Waals surface area contributed by atoms with Gasteiger partial charge in [-0.25, -0.2) is 10.8 Å². The van der Waals surface area contributed by atoms with Crippen molar-refractivity contribution in [2.75, 3.05) is 31.0 Å². The fourth-order valence-electron chi connectivity index (χ4n) is 1.67. The van der Waals surface area contributed by atoms with Gasteiger partial charge in [-0.1, -0.05) is 6.92 Å². The fraction of sp³-hybridized carbons (Fsp3) is 0.500. The molecule has 0 radical (unpaired) electrons. The van der Waals surface area contributed by atoms with Gasteiger partial charge in [0.2, 0.25) is 17.7 Å². The van der Waals surface area contributed by atoms with E-state index in [1.807, 2.05) is 0 Å². The minimum absolute atomic E-state index is 0.0602. The lowest BCUT2D eigenvalue weighted by Crippen LogP contribution is -2.35. The standard InChI is InChI=1S/C10H17N7O3/c1-6(9(18)12-2)5-16(3)8-7(17(19)20)4-13-10(14-8)15-11/h4,6H,5,11H2,1-3H3,(H,12,18)(H,13,14,15). The average molecular weight is 283 g/mol. The zero-order valence-electron chi connectivity index (χ0n) is 11.5. The molecule has 4 N–H and O–H groups in total. The number of hydrazine groups is 1. The van der Waals surface area contributed by atoms with E-state index in [4.69, 9.17) is 5.84 Å². The maximum absolute atomic E-state index is 11.5. The van der Waals surface area contributed by atoms with Gasteiger partial charge < -0.3 is 10.2 Å². The zero-order valence-corrected chi connectivity index (χ0v) is 11.5. The number of carbonyl (C=O) groups excluding carboxylic acids is 1. The minimum Gasteiger partial charge on any atom is -0.359 e. The minimum atomic E-state index is -0.587. The SMILES string of the molecule is CNC(=O)C(C)CN(C)c1nc(NN)ncc1[N+](=O)[O-]. The number of nitrogens with zero attached hydrogens (tertiary/aromatic N) is 4. The summed E-state index contributed by atoms with van der Waals surface area (Å²) in [5.41, 5.74) is 1.97. The molecule has 0 bridgehead atoms. The third kappa shape index (κ3) is 3.51. The Morgan fingerprint density at radius 2 is 2.30 bits per heavy atom. The Bertz CT molecular complexity index is 508. The molecule has 0 aliphatic heterocycles. The van der Waals surface area contributed by atoms with Crippen LogP contribution in [0.15, 0.2) is 6.20 Å². The molecule has 0 saturated carbocycles. The van der Waals surface area contributed by atoms with E-state index >= 15 is 0 Å². The summed E-state index contributed by atoms with van der Waals surface area (Å²) in [4.78, 5) is 31.0. The molecule has 0 saturated heterocycles. The summed E-state index contributed by atoms with van der Waals surface area (Å²) in [5.74, 6) is 4.83. The molecule has 1 heterocycles. The van der Waals surface area contributed by atoms with Gasteiger partial charge in [0.1, 0.15) is 6.20 Å². The van der Waals surface area contributed by atoms with Gasteiger partial charge in [0.15, 0.2) is 0 Å². The molecule has 0 aromatic carbocycles. The number of carbonyl (C=O) groups is 1. The van der Waals surface area contributed by atoms with Crippen molar-refractivity contribution in [3.8, 4) is 0 Å². The van der Waals surface area contributed by atoms with Crippen LogP contribution in [0.5, 0.6) is 0 Å².